The summed E-state index contributed by atoms with van der Waals surface area (Å²) in [4.78, 5) is 26.4. The van der Waals surface area contributed by atoms with E-state index in [4.69, 9.17) is 9.47 Å². The molecule has 0 aliphatic carbocycles. The maximum absolute atomic E-state index is 12.3. The first-order valence-electron chi connectivity index (χ1n) is 9.04. The molecule has 2 aromatic rings. The van der Waals surface area contributed by atoms with E-state index >= 15 is 0 Å². The zero-order valence-electron chi connectivity index (χ0n) is 15.6. The minimum Gasteiger partial charge on any atom is -0.497 e. The van der Waals surface area contributed by atoms with Crippen LogP contribution < -0.4 is 19.7 Å². The van der Waals surface area contributed by atoms with Gasteiger partial charge in [0.05, 0.1) is 26.2 Å². The van der Waals surface area contributed by atoms with E-state index in [-0.39, 0.29) is 24.3 Å². The zero-order chi connectivity index (χ0) is 19.2. The van der Waals surface area contributed by atoms with Gasteiger partial charge in [0.2, 0.25) is 11.8 Å². The quantitative estimate of drug-likeness (QED) is 0.816. The Kier molecular flexibility index (Phi) is 5.96. The summed E-state index contributed by atoms with van der Waals surface area (Å²) in [6.45, 7) is 3.00. The number of methoxy groups -OCH3 is 1. The molecule has 0 saturated carbocycles. The minimum absolute atomic E-state index is 0.00498. The number of amides is 2. The average molecular weight is 368 g/mol. The number of carbonyl (C=O) groups is 2. The SMILES string of the molecule is CCOc1ccc(CC(=O)NC2CC(=O)N(c3cccc(OC)c3)C2)cc1. The molecular weight excluding hydrogens is 344 g/mol. The number of hydrogen-bond acceptors (Lipinski definition) is 4. The lowest BCUT2D eigenvalue weighted by Gasteiger charge is -2.18. The molecule has 2 aromatic carbocycles. The van der Waals surface area contributed by atoms with Gasteiger partial charge >= 0.3 is 0 Å². The zero-order valence-corrected chi connectivity index (χ0v) is 15.6. The average Bonchev–Trinajstić information content (AvgIpc) is 3.03. The van der Waals surface area contributed by atoms with Crippen LogP contribution in [0.3, 0.4) is 0 Å². The van der Waals surface area contributed by atoms with Crippen LogP contribution in [-0.4, -0.2) is 38.1 Å². The Labute approximate surface area is 159 Å². The number of nitrogens with one attached hydrogen (secondary N) is 1. The Morgan fingerprint density at radius 2 is 1.96 bits per heavy atom. The second-order valence-electron chi connectivity index (χ2n) is 6.43. The highest BCUT2D eigenvalue weighted by atomic mass is 16.5. The number of nitrogens with zero attached hydrogens (tertiary/aromatic N) is 1. The molecule has 0 bridgehead atoms. The summed E-state index contributed by atoms with van der Waals surface area (Å²) in [7, 11) is 1.59. The van der Waals surface area contributed by atoms with E-state index in [1.807, 2.05) is 55.5 Å². The fourth-order valence-corrected chi connectivity index (χ4v) is 3.17. The van der Waals surface area contributed by atoms with E-state index in [2.05, 4.69) is 5.32 Å². The van der Waals surface area contributed by atoms with Crippen LogP contribution in [0.1, 0.15) is 18.9 Å². The summed E-state index contributed by atoms with van der Waals surface area (Å²) < 4.78 is 10.6. The molecule has 6 nitrogen and oxygen atoms in total. The van der Waals surface area contributed by atoms with Crippen molar-refractivity contribution in [3.05, 3.63) is 54.1 Å². The normalized spacial score (nSPS) is 16.3. The topological polar surface area (TPSA) is 67.9 Å². The molecular formula is C21H24N2O4. The second-order valence-corrected chi connectivity index (χ2v) is 6.43. The van der Waals surface area contributed by atoms with Crippen molar-refractivity contribution in [2.45, 2.75) is 25.8 Å². The molecule has 0 spiro atoms. The van der Waals surface area contributed by atoms with Gasteiger partial charge in [0.1, 0.15) is 11.5 Å². The van der Waals surface area contributed by atoms with Gasteiger partial charge in [-0.15, -0.1) is 0 Å². The van der Waals surface area contributed by atoms with Crippen LogP contribution in [0.2, 0.25) is 0 Å². The van der Waals surface area contributed by atoms with Crippen molar-refractivity contribution < 1.29 is 19.1 Å². The van der Waals surface area contributed by atoms with Gasteiger partial charge in [0.15, 0.2) is 0 Å². The first-order valence-corrected chi connectivity index (χ1v) is 9.04. The maximum Gasteiger partial charge on any atom is 0.229 e. The first kappa shape index (κ1) is 18.8. The molecule has 3 rings (SSSR count). The largest absolute Gasteiger partial charge is 0.497 e. The lowest BCUT2D eigenvalue weighted by Crippen LogP contribution is -2.38. The molecule has 1 N–H and O–H groups in total. The summed E-state index contributed by atoms with van der Waals surface area (Å²) in [6, 6.07) is 14.6. The van der Waals surface area contributed by atoms with Crippen molar-refractivity contribution in [1.29, 1.82) is 0 Å². The third-order valence-corrected chi connectivity index (χ3v) is 4.45. The third-order valence-electron chi connectivity index (χ3n) is 4.45. The number of carbonyl (C=O) groups excluding carboxylic acids is 2. The highest BCUT2D eigenvalue weighted by Crippen LogP contribution is 2.25. The Hall–Kier alpha value is -3.02. The maximum atomic E-state index is 12.3. The minimum atomic E-state index is -0.195. The number of rotatable bonds is 7. The summed E-state index contributed by atoms with van der Waals surface area (Å²) in [6.07, 6.45) is 0.572. The van der Waals surface area contributed by atoms with Crippen LogP contribution in [0, 0.1) is 0 Å². The number of hydrogen-bond donors (Lipinski definition) is 1. The van der Waals surface area contributed by atoms with Gasteiger partial charge in [-0.05, 0) is 36.8 Å². The fourth-order valence-electron chi connectivity index (χ4n) is 3.17. The highest BCUT2D eigenvalue weighted by Gasteiger charge is 2.31. The standard InChI is InChI=1S/C21H24N2O4/c1-3-27-18-9-7-15(8-10-18)11-20(24)22-16-12-21(25)23(14-16)17-5-4-6-19(13-17)26-2/h4-10,13,16H,3,11-12,14H2,1-2H3,(H,22,24). The van der Waals surface area contributed by atoms with E-state index in [1.165, 1.54) is 0 Å². The number of benzene rings is 2. The monoisotopic (exact) mass is 368 g/mol. The summed E-state index contributed by atoms with van der Waals surface area (Å²) in [5.41, 5.74) is 1.69. The van der Waals surface area contributed by atoms with Crippen LogP contribution in [0.15, 0.2) is 48.5 Å². The smallest absolute Gasteiger partial charge is 0.229 e. The van der Waals surface area contributed by atoms with Crippen LogP contribution in [0.5, 0.6) is 11.5 Å². The van der Waals surface area contributed by atoms with E-state index in [1.54, 1.807) is 12.0 Å². The van der Waals surface area contributed by atoms with Crippen molar-refractivity contribution in [3.63, 3.8) is 0 Å². The number of ether oxygens (including phenoxy) is 2. The molecule has 1 aliphatic heterocycles. The lowest BCUT2D eigenvalue weighted by atomic mass is 10.1. The van der Waals surface area contributed by atoms with E-state index in [0.717, 1.165) is 17.0 Å². The molecule has 1 heterocycles. The van der Waals surface area contributed by atoms with Crippen LogP contribution in [0.25, 0.3) is 0 Å². The Bertz CT molecular complexity index is 804. The second kappa shape index (κ2) is 8.58. The van der Waals surface area contributed by atoms with E-state index < -0.39 is 0 Å². The van der Waals surface area contributed by atoms with Gasteiger partial charge in [0, 0.05) is 24.7 Å². The molecule has 27 heavy (non-hydrogen) atoms. The predicted molar refractivity (Wildman–Crippen MR) is 103 cm³/mol. The van der Waals surface area contributed by atoms with Gasteiger partial charge in [-0.2, -0.15) is 0 Å². The van der Waals surface area contributed by atoms with Crippen molar-refractivity contribution in [2.24, 2.45) is 0 Å². The van der Waals surface area contributed by atoms with Crippen molar-refractivity contribution in [3.8, 4) is 11.5 Å². The Balaban J connectivity index is 1.56. The molecule has 1 fully saturated rings. The molecule has 1 aliphatic rings. The van der Waals surface area contributed by atoms with E-state index in [0.29, 0.717) is 25.3 Å². The van der Waals surface area contributed by atoms with E-state index in [9.17, 15) is 9.59 Å². The van der Waals surface area contributed by atoms with Crippen molar-refractivity contribution in [2.75, 3.05) is 25.2 Å². The fraction of sp³-hybridized carbons (Fsp3) is 0.333. The Morgan fingerprint density at radius 3 is 2.67 bits per heavy atom. The Morgan fingerprint density at radius 1 is 1.19 bits per heavy atom. The molecule has 1 saturated heterocycles. The highest BCUT2D eigenvalue weighted by molar-refractivity contribution is 5.97. The third kappa shape index (κ3) is 4.78. The summed E-state index contributed by atoms with van der Waals surface area (Å²) in [5.74, 6) is 1.39. The molecule has 142 valence electrons. The number of anilines is 1. The molecule has 0 radical (unpaired) electrons. The lowest BCUT2D eigenvalue weighted by molar-refractivity contribution is -0.121. The van der Waals surface area contributed by atoms with Gasteiger partial charge in [-0.1, -0.05) is 18.2 Å². The molecule has 2 amide bonds. The molecule has 6 heteroatoms. The van der Waals surface area contributed by atoms with Crippen LogP contribution in [-0.2, 0) is 16.0 Å². The van der Waals surface area contributed by atoms with Gasteiger partial charge in [-0.3, -0.25) is 9.59 Å². The predicted octanol–water partition coefficient (Wildman–Crippen LogP) is 2.56. The summed E-state index contributed by atoms with van der Waals surface area (Å²) >= 11 is 0. The van der Waals surface area contributed by atoms with Gasteiger partial charge in [0.25, 0.3) is 0 Å². The molecule has 1 atom stereocenters. The van der Waals surface area contributed by atoms with Crippen LogP contribution in [0.4, 0.5) is 5.69 Å². The van der Waals surface area contributed by atoms with Gasteiger partial charge < -0.3 is 19.7 Å². The summed E-state index contributed by atoms with van der Waals surface area (Å²) in [5, 5.41) is 2.96. The van der Waals surface area contributed by atoms with Crippen molar-refractivity contribution in [1.82, 2.24) is 5.32 Å². The first-order chi connectivity index (χ1) is 13.1. The van der Waals surface area contributed by atoms with Gasteiger partial charge in [-0.25, -0.2) is 0 Å². The molecule has 1 unspecified atom stereocenters. The van der Waals surface area contributed by atoms with Crippen molar-refractivity contribution >= 4 is 17.5 Å². The van der Waals surface area contributed by atoms with Crippen LogP contribution >= 0.6 is 0 Å². The molecule has 0 aromatic heterocycles.